The Hall–Kier alpha value is -4.37. The molecule has 20 heteroatoms. The van der Waals surface area contributed by atoms with Gasteiger partial charge in [-0.2, -0.15) is 4.90 Å². The second-order valence-corrected chi connectivity index (χ2v) is 17.7. The molecule has 5 rings (SSSR count). The SMILES string of the molecule is C=CC1CC1(NC(=O)C1CC(OC(=O)N2C(O)(O)c3cccc(F)c3C2(O)O)CN1C(=O)C(CCCCCC)NC(=O)OC(C)(C)C)C(=O)NS(=O)(=O)C1CC1. The van der Waals surface area contributed by atoms with Gasteiger partial charge >= 0.3 is 12.2 Å². The number of carbonyl (C=O) groups is 5. The maximum absolute atomic E-state index is 14.7. The highest BCUT2D eigenvalue weighted by molar-refractivity contribution is 7.91. The van der Waals surface area contributed by atoms with Crippen LogP contribution in [0.4, 0.5) is 14.0 Å². The van der Waals surface area contributed by atoms with Gasteiger partial charge in [-0.3, -0.25) is 19.1 Å². The number of fused-ring (bicyclic) bond motifs is 1. The monoisotopic (exact) mass is 811 g/mol. The third kappa shape index (κ3) is 8.63. The van der Waals surface area contributed by atoms with E-state index in [4.69, 9.17) is 9.47 Å². The third-order valence-electron chi connectivity index (χ3n) is 10.2. The largest absolute Gasteiger partial charge is 0.444 e. The fourth-order valence-electron chi connectivity index (χ4n) is 7.12. The first-order chi connectivity index (χ1) is 26.0. The fraction of sp³-hybridized carbons (Fsp3) is 0.639. The van der Waals surface area contributed by atoms with E-state index >= 15 is 0 Å². The van der Waals surface area contributed by atoms with E-state index in [-0.39, 0.29) is 17.7 Å². The van der Waals surface area contributed by atoms with E-state index in [2.05, 4.69) is 17.2 Å². The van der Waals surface area contributed by atoms with Crippen molar-refractivity contribution < 1.29 is 66.7 Å². The number of unbranched alkanes of at least 4 members (excludes halogenated alkanes) is 3. The highest BCUT2D eigenvalue weighted by atomic mass is 32.2. The zero-order chi connectivity index (χ0) is 41.6. The van der Waals surface area contributed by atoms with Gasteiger partial charge in [0.15, 0.2) is 0 Å². The molecule has 5 amide bonds. The summed E-state index contributed by atoms with van der Waals surface area (Å²) < 4.78 is 52.9. The van der Waals surface area contributed by atoms with E-state index in [1.54, 1.807) is 20.8 Å². The van der Waals surface area contributed by atoms with Gasteiger partial charge in [-0.25, -0.2) is 22.4 Å². The number of benzene rings is 1. The van der Waals surface area contributed by atoms with Crippen molar-refractivity contribution in [2.45, 2.75) is 132 Å². The Morgan fingerprint density at radius 2 is 1.75 bits per heavy atom. The van der Waals surface area contributed by atoms with Gasteiger partial charge in [-0.05, 0) is 52.5 Å². The van der Waals surface area contributed by atoms with E-state index in [1.165, 1.54) is 6.08 Å². The summed E-state index contributed by atoms with van der Waals surface area (Å²) in [5, 5.41) is 47.6. The first kappa shape index (κ1) is 42.8. The van der Waals surface area contributed by atoms with Crippen LogP contribution in [0.25, 0.3) is 0 Å². The maximum Gasteiger partial charge on any atom is 0.419 e. The van der Waals surface area contributed by atoms with Gasteiger partial charge in [0.25, 0.3) is 17.7 Å². The van der Waals surface area contributed by atoms with Gasteiger partial charge in [0.05, 0.1) is 17.4 Å². The van der Waals surface area contributed by atoms with Crippen LogP contribution in [-0.2, 0) is 45.7 Å². The van der Waals surface area contributed by atoms with Crippen LogP contribution in [0.5, 0.6) is 0 Å². The molecule has 0 aromatic heterocycles. The summed E-state index contributed by atoms with van der Waals surface area (Å²) >= 11 is 0. The van der Waals surface area contributed by atoms with E-state index in [1.807, 2.05) is 11.6 Å². The van der Waals surface area contributed by atoms with Crippen molar-refractivity contribution in [3.05, 3.63) is 47.8 Å². The van der Waals surface area contributed by atoms with Crippen LogP contribution in [0, 0.1) is 11.7 Å². The molecule has 2 aliphatic carbocycles. The number of nitrogens with one attached hydrogen (secondary N) is 3. The van der Waals surface area contributed by atoms with Crippen LogP contribution in [0.2, 0.25) is 0 Å². The number of carbonyl (C=O) groups excluding carboxylic acids is 5. The molecule has 5 atom stereocenters. The standard InChI is InChI=1S/C36H50FN5O13S/c1-6-8-9-10-14-25(38-31(46)55-33(3,4)5)29(44)41-19-21(54-32(47)42-35(48,49)23-12-11-13-24(37)27(23)36(42,50)51)17-26(41)28(43)39-34(18-20(34)7-2)30(45)40-56(52,53)22-15-16-22/h7,11-13,20-22,25-26,48-51H,2,6,8-10,14-19H2,1,3-5H3,(H,38,46)(H,39,43)(H,40,45). The second kappa shape index (κ2) is 15.5. The molecule has 1 saturated heterocycles. The first-order valence-corrected chi connectivity index (χ1v) is 20.0. The van der Waals surface area contributed by atoms with Crippen LogP contribution >= 0.6 is 0 Å². The zero-order valence-corrected chi connectivity index (χ0v) is 32.4. The smallest absolute Gasteiger partial charge is 0.419 e. The third-order valence-corrected chi connectivity index (χ3v) is 12.0. The lowest BCUT2D eigenvalue weighted by molar-refractivity contribution is -0.362. The molecular formula is C36H50FN5O13S. The van der Waals surface area contributed by atoms with Crippen molar-refractivity contribution in [2.24, 2.45) is 5.92 Å². The quantitative estimate of drug-likeness (QED) is 0.0786. The molecule has 18 nitrogen and oxygen atoms in total. The number of ether oxygens (including phenoxy) is 2. The van der Waals surface area contributed by atoms with Gasteiger partial charge in [-0.15, -0.1) is 6.58 Å². The van der Waals surface area contributed by atoms with Gasteiger partial charge in [0, 0.05) is 17.9 Å². The molecule has 0 radical (unpaired) electrons. The summed E-state index contributed by atoms with van der Waals surface area (Å²) in [4.78, 5) is 69.1. The van der Waals surface area contributed by atoms with E-state index in [9.17, 15) is 57.2 Å². The minimum absolute atomic E-state index is 0.0240. The van der Waals surface area contributed by atoms with Crippen molar-refractivity contribution in [1.29, 1.82) is 0 Å². The lowest BCUT2D eigenvalue weighted by Gasteiger charge is -2.34. The van der Waals surface area contributed by atoms with Crippen molar-refractivity contribution in [3.8, 4) is 0 Å². The average molecular weight is 812 g/mol. The number of amides is 5. The van der Waals surface area contributed by atoms with E-state index < -0.39 is 122 Å². The number of sulfonamides is 1. The highest BCUT2D eigenvalue weighted by Crippen LogP contribution is 2.47. The number of likely N-dealkylation sites (tertiary alicyclic amines) is 1. The Morgan fingerprint density at radius 1 is 1.07 bits per heavy atom. The van der Waals surface area contributed by atoms with Crippen LogP contribution in [-0.4, -0.2) is 110 Å². The number of rotatable bonds is 14. The van der Waals surface area contributed by atoms with Crippen LogP contribution in [0.3, 0.4) is 0 Å². The first-order valence-electron chi connectivity index (χ1n) is 18.5. The van der Waals surface area contributed by atoms with Crippen LogP contribution in [0.1, 0.15) is 96.6 Å². The molecule has 3 fully saturated rings. The number of alkyl carbamates (subject to hydrolysis) is 1. The molecule has 5 unspecified atom stereocenters. The molecule has 0 bridgehead atoms. The van der Waals surface area contributed by atoms with Crippen molar-refractivity contribution in [3.63, 3.8) is 0 Å². The molecule has 2 heterocycles. The molecule has 0 spiro atoms. The van der Waals surface area contributed by atoms with Crippen LogP contribution in [0.15, 0.2) is 30.9 Å². The summed E-state index contributed by atoms with van der Waals surface area (Å²) in [5.41, 5.74) is -4.50. The summed E-state index contributed by atoms with van der Waals surface area (Å²) in [6.07, 6.45) is 0.332. The molecule has 2 saturated carbocycles. The van der Waals surface area contributed by atoms with Gasteiger partial charge < -0.3 is 45.4 Å². The number of aliphatic hydroxyl groups is 4. The predicted molar refractivity (Wildman–Crippen MR) is 192 cm³/mol. The highest BCUT2D eigenvalue weighted by Gasteiger charge is 2.64. The molecule has 56 heavy (non-hydrogen) atoms. The minimum atomic E-state index is -4.03. The molecule has 4 aliphatic rings. The molecular weight excluding hydrogens is 761 g/mol. The number of nitrogens with zero attached hydrogens (tertiary/aromatic N) is 2. The van der Waals surface area contributed by atoms with Gasteiger partial charge in [0.2, 0.25) is 21.8 Å². The summed E-state index contributed by atoms with van der Waals surface area (Å²) in [7, 11) is -4.03. The van der Waals surface area contributed by atoms with E-state index in [0.717, 1.165) is 35.9 Å². The van der Waals surface area contributed by atoms with Crippen molar-refractivity contribution in [1.82, 2.24) is 25.2 Å². The normalized spacial score (nSPS) is 25.4. The van der Waals surface area contributed by atoms with Gasteiger partial charge in [0.1, 0.15) is 35.1 Å². The molecule has 1 aromatic carbocycles. The Labute approximate surface area is 323 Å². The van der Waals surface area contributed by atoms with Crippen molar-refractivity contribution >= 4 is 39.9 Å². The summed E-state index contributed by atoms with van der Waals surface area (Å²) in [6.45, 7) is 9.95. The number of hydrogen-bond acceptors (Lipinski definition) is 13. The maximum atomic E-state index is 14.7. The predicted octanol–water partition coefficient (Wildman–Crippen LogP) is 0.970. The molecule has 1 aromatic rings. The molecule has 2 aliphatic heterocycles. The van der Waals surface area contributed by atoms with Crippen LogP contribution < -0.4 is 15.4 Å². The van der Waals surface area contributed by atoms with E-state index in [0.29, 0.717) is 25.7 Å². The average Bonchev–Trinajstić information content (AvgIpc) is 4.00. The minimum Gasteiger partial charge on any atom is -0.444 e. The molecule has 310 valence electrons. The Bertz CT molecular complexity index is 1860. The Morgan fingerprint density at radius 3 is 2.32 bits per heavy atom. The second-order valence-electron chi connectivity index (χ2n) is 15.7. The fourth-order valence-corrected chi connectivity index (χ4v) is 8.48. The van der Waals surface area contributed by atoms with Crippen molar-refractivity contribution in [2.75, 3.05) is 6.54 Å². The summed E-state index contributed by atoms with van der Waals surface area (Å²) in [6, 6.07) is -0.0278. The van der Waals surface area contributed by atoms with Gasteiger partial charge in [-0.1, -0.05) is 50.8 Å². The number of halogens is 1. The Kier molecular flexibility index (Phi) is 11.9. The number of hydrogen-bond donors (Lipinski definition) is 7. The molecule has 7 N–H and O–H groups in total. The lowest BCUT2D eigenvalue weighted by atomic mass is 10.1. The Balaban J connectivity index is 1.43. The topological polar surface area (TPSA) is 261 Å². The summed E-state index contributed by atoms with van der Waals surface area (Å²) in [5.74, 6) is -11.9. The zero-order valence-electron chi connectivity index (χ0n) is 31.6. The lowest BCUT2D eigenvalue weighted by Crippen LogP contribution is -2.58.